The number of piperazine rings is 1. The zero-order chi connectivity index (χ0) is 21.0. The Balaban J connectivity index is 1.11. The summed E-state index contributed by atoms with van der Waals surface area (Å²) in [7, 11) is 0. The molecule has 3 aromatic heterocycles. The van der Waals surface area contributed by atoms with Gasteiger partial charge in [-0.1, -0.05) is 18.2 Å². The van der Waals surface area contributed by atoms with E-state index in [4.69, 9.17) is 4.42 Å². The number of pyridine rings is 1. The number of carbonyl (C=O) groups is 1. The van der Waals surface area contributed by atoms with Crippen LogP contribution in [0.1, 0.15) is 5.76 Å². The quantitative estimate of drug-likeness (QED) is 0.502. The molecule has 1 aromatic carbocycles. The van der Waals surface area contributed by atoms with Crippen LogP contribution in [-0.4, -0.2) is 53.5 Å². The maximum atomic E-state index is 12.4. The van der Waals surface area contributed by atoms with Crippen LogP contribution < -0.4 is 10.2 Å². The fourth-order valence-corrected chi connectivity index (χ4v) is 4.61. The second kappa shape index (κ2) is 8.87. The lowest BCUT2D eigenvalue weighted by atomic mass is 10.3. The molecular formula is C23H23N5O2S. The van der Waals surface area contributed by atoms with Crippen LogP contribution in [0.15, 0.2) is 65.2 Å². The fraction of sp³-hybridized carbons (Fsp3) is 0.261. The van der Waals surface area contributed by atoms with Crippen LogP contribution in [0.25, 0.3) is 21.0 Å². The van der Waals surface area contributed by atoms with Gasteiger partial charge in [-0.2, -0.15) is 0 Å². The van der Waals surface area contributed by atoms with Gasteiger partial charge in [-0.05, 0) is 36.4 Å². The van der Waals surface area contributed by atoms with Gasteiger partial charge < -0.3 is 14.6 Å². The third-order valence-electron chi connectivity index (χ3n) is 5.34. The maximum absolute atomic E-state index is 12.4. The fourth-order valence-electron chi connectivity index (χ4n) is 3.69. The minimum atomic E-state index is 0.00391. The topological polar surface area (TPSA) is 74.5 Å². The Hall–Kier alpha value is -3.23. The van der Waals surface area contributed by atoms with Crippen molar-refractivity contribution < 1.29 is 9.21 Å². The molecule has 1 saturated heterocycles. The SMILES string of the molecule is O=C(CN1CCN(c2ccccn2)CC1)NCc1ccc(-c2nc3ccccc3s2)o1. The molecule has 158 valence electrons. The van der Waals surface area contributed by atoms with Crippen molar-refractivity contribution in [2.24, 2.45) is 0 Å². The molecule has 31 heavy (non-hydrogen) atoms. The van der Waals surface area contributed by atoms with E-state index in [9.17, 15) is 4.79 Å². The summed E-state index contributed by atoms with van der Waals surface area (Å²) in [6.45, 7) is 4.18. The predicted octanol–water partition coefficient (Wildman–Crippen LogP) is 3.39. The summed E-state index contributed by atoms with van der Waals surface area (Å²) in [5, 5.41) is 3.81. The van der Waals surface area contributed by atoms with E-state index in [0.717, 1.165) is 58.7 Å². The first-order valence-electron chi connectivity index (χ1n) is 10.3. The van der Waals surface area contributed by atoms with Gasteiger partial charge in [0.2, 0.25) is 5.91 Å². The van der Waals surface area contributed by atoms with E-state index in [1.54, 1.807) is 11.3 Å². The number of rotatable bonds is 6. The molecule has 0 radical (unpaired) electrons. The number of nitrogens with one attached hydrogen (secondary N) is 1. The standard InChI is InChI=1S/C23H23N5O2S/c29-22(16-27-11-13-28(14-12-27)21-7-3-4-10-24-21)25-15-17-8-9-19(30-17)23-26-18-5-1-2-6-20(18)31-23/h1-10H,11-16H2,(H,25,29). The highest BCUT2D eigenvalue weighted by atomic mass is 32.1. The van der Waals surface area contributed by atoms with Gasteiger partial charge >= 0.3 is 0 Å². The molecule has 1 fully saturated rings. The van der Waals surface area contributed by atoms with Crippen LogP contribution in [0.4, 0.5) is 5.82 Å². The molecule has 0 atom stereocenters. The molecule has 5 rings (SSSR count). The first-order valence-corrected chi connectivity index (χ1v) is 11.2. The van der Waals surface area contributed by atoms with Gasteiger partial charge in [0.15, 0.2) is 10.8 Å². The van der Waals surface area contributed by atoms with Crippen LogP contribution in [0, 0.1) is 0 Å². The number of nitrogens with zero attached hydrogens (tertiary/aromatic N) is 4. The third-order valence-corrected chi connectivity index (χ3v) is 6.39. The number of carbonyl (C=O) groups excluding carboxylic acids is 1. The van der Waals surface area contributed by atoms with E-state index in [1.807, 2.05) is 54.7 Å². The average molecular weight is 434 g/mol. The molecule has 0 aliphatic carbocycles. The average Bonchev–Trinajstić information content (AvgIpc) is 3.46. The lowest BCUT2D eigenvalue weighted by molar-refractivity contribution is -0.122. The molecule has 7 nitrogen and oxygen atoms in total. The Morgan fingerprint density at radius 3 is 2.68 bits per heavy atom. The smallest absolute Gasteiger partial charge is 0.234 e. The summed E-state index contributed by atoms with van der Waals surface area (Å²) in [4.78, 5) is 25.8. The molecule has 1 aliphatic heterocycles. The van der Waals surface area contributed by atoms with Crippen molar-refractivity contribution in [2.75, 3.05) is 37.6 Å². The highest BCUT2D eigenvalue weighted by Gasteiger charge is 2.20. The Bertz CT molecular complexity index is 1130. The number of thiazole rings is 1. The second-order valence-electron chi connectivity index (χ2n) is 7.48. The predicted molar refractivity (Wildman–Crippen MR) is 122 cm³/mol. The second-order valence-corrected chi connectivity index (χ2v) is 8.51. The monoisotopic (exact) mass is 433 g/mol. The normalized spacial score (nSPS) is 14.8. The zero-order valence-corrected chi connectivity index (χ0v) is 17.8. The first-order chi connectivity index (χ1) is 15.2. The van der Waals surface area contributed by atoms with Crippen LogP contribution in [-0.2, 0) is 11.3 Å². The molecule has 4 heterocycles. The van der Waals surface area contributed by atoms with Crippen molar-refractivity contribution in [2.45, 2.75) is 6.54 Å². The van der Waals surface area contributed by atoms with E-state index < -0.39 is 0 Å². The number of furan rings is 1. The van der Waals surface area contributed by atoms with Gasteiger partial charge in [-0.3, -0.25) is 9.69 Å². The van der Waals surface area contributed by atoms with E-state index in [2.05, 4.69) is 31.2 Å². The minimum absolute atomic E-state index is 0.00391. The van der Waals surface area contributed by atoms with Crippen LogP contribution in [0.2, 0.25) is 0 Å². The van der Waals surface area contributed by atoms with Crippen molar-refractivity contribution in [3.63, 3.8) is 0 Å². The van der Waals surface area contributed by atoms with Gasteiger partial charge in [0.25, 0.3) is 0 Å². The first kappa shape index (κ1) is 19.7. The van der Waals surface area contributed by atoms with Gasteiger partial charge in [0.05, 0.1) is 23.3 Å². The highest BCUT2D eigenvalue weighted by molar-refractivity contribution is 7.21. The maximum Gasteiger partial charge on any atom is 0.234 e. The van der Waals surface area contributed by atoms with Crippen molar-refractivity contribution in [1.82, 2.24) is 20.2 Å². The Kier molecular flexibility index (Phi) is 5.64. The number of hydrogen-bond acceptors (Lipinski definition) is 7. The van der Waals surface area contributed by atoms with Crippen molar-refractivity contribution >= 4 is 33.3 Å². The summed E-state index contributed by atoms with van der Waals surface area (Å²) >= 11 is 1.60. The van der Waals surface area contributed by atoms with E-state index in [1.165, 1.54) is 0 Å². The summed E-state index contributed by atoms with van der Waals surface area (Å²) in [5.41, 5.74) is 0.969. The molecule has 0 saturated carbocycles. The molecule has 1 amide bonds. The molecule has 4 aromatic rings. The van der Waals surface area contributed by atoms with E-state index in [0.29, 0.717) is 13.1 Å². The van der Waals surface area contributed by atoms with Crippen molar-refractivity contribution in [1.29, 1.82) is 0 Å². The van der Waals surface area contributed by atoms with Crippen molar-refractivity contribution in [3.05, 3.63) is 66.6 Å². The molecule has 0 spiro atoms. The van der Waals surface area contributed by atoms with Crippen molar-refractivity contribution in [3.8, 4) is 10.8 Å². The number of benzene rings is 1. The largest absolute Gasteiger partial charge is 0.457 e. The van der Waals surface area contributed by atoms with E-state index >= 15 is 0 Å². The third kappa shape index (κ3) is 4.60. The number of amides is 1. The van der Waals surface area contributed by atoms with Crippen LogP contribution in [0.3, 0.4) is 0 Å². The summed E-state index contributed by atoms with van der Waals surface area (Å²) < 4.78 is 7.04. The van der Waals surface area contributed by atoms with Crippen LogP contribution >= 0.6 is 11.3 Å². The highest BCUT2D eigenvalue weighted by Crippen LogP contribution is 2.31. The Labute approximate surface area is 184 Å². The van der Waals surface area contributed by atoms with Gasteiger partial charge in [0, 0.05) is 32.4 Å². The lowest BCUT2D eigenvalue weighted by Crippen LogP contribution is -2.49. The molecule has 8 heteroatoms. The molecule has 0 bridgehead atoms. The zero-order valence-electron chi connectivity index (χ0n) is 17.0. The number of fused-ring (bicyclic) bond motifs is 1. The Morgan fingerprint density at radius 2 is 1.87 bits per heavy atom. The Morgan fingerprint density at radius 1 is 1.03 bits per heavy atom. The molecule has 0 unspecified atom stereocenters. The van der Waals surface area contributed by atoms with E-state index in [-0.39, 0.29) is 5.91 Å². The number of para-hydroxylation sites is 1. The summed E-state index contributed by atoms with van der Waals surface area (Å²) in [6, 6.07) is 17.8. The molecule has 1 N–H and O–H groups in total. The number of aromatic nitrogens is 2. The van der Waals surface area contributed by atoms with Crippen LogP contribution in [0.5, 0.6) is 0 Å². The molecular weight excluding hydrogens is 410 g/mol. The lowest BCUT2D eigenvalue weighted by Gasteiger charge is -2.34. The van der Waals surface area contributed by atoms with Gasteiger partial charge in [0.1, 0.15) is 11.6 Å². The molecule has 1 aliphatic rings. The number of anilines is 1. The van der Waals surface area contributed by atoms with Gasteiger partial charge in [-0.25, -0.2) is 9.97 Å². The summed E-state index contributed by atoms with van der Waals surface area (Å²) in [5.74, 6) is 2.45. The minimum Gasteiger partial charge on any atom is -0.457 e. The number of hydrogen-bond donors (Lipinski definition) is 1. The summed E-state index contributed by atoms with van der Waals surface area (Å²) in [6.07, 6.45) is 1.81. The van der Waals surface area contributed by atoms with Gasteiger partial charge in [-0.15, -0.1) is 11.3 Å².